The fourth-order valence-corrected chi connectivity index (χ4v) is 3.71. The molecule has 26 heavy (non-hydrogen) atoms. The van der Waals surface area contributed by atoms with Gasteiger partial charge in [-0.15, -0.1) is 10.2 Å². The number of furan rings is 1. The molecule has 0 atom stereocenters. The van der Waals surface area contributed by atoms with Crippen LogP contribution in [-0.4, -0.2) is 27.8 Å². The van der Waals surface area contributed by atoms with Gasteiger partial charge in [0.1, 0.15) is 5.82 Å². The molecule has 1 saturated carbocycles. The van der Waals surface area contributed by atoms with E-state index in [0.29, 0.717) is 22.3 Å². The third kappa shape index (κ3) is 3.12. The van der Waals surface area contributed by atoms with Gasteiger partial charge in [0.15, 0.2) is 11.0 Å². The second kappa shape index (κ2) is 6.95. The molecular weight excluding hydrogens is 357 g/mol. The summed E-state index contributed by atoms with van der Waals surface area (Å²) < 4.78 is 26.1. The van der Waals surface area contributed by atoms with Crippen molar-refractivity contribution in [2.45, 2.75) is 29.8 Å². The minimum atomic E-state index is -0.513. The average molecular weight is 373 g/mol. The van der Waals surface area contributed by atoms with Gasteiger partial charge in [-0.2, -0.15) is 0 Å². The summed E-state index contributed by atoms with van der Waals surface area (Å²) >= 11 is 1.44. The van der Waals surface area contributed by atoms with E-state index in [1.54, 1.807) is 24.3 Å². The normalized spacial score (nSPS) is 13.8. The van der Waals surface area contributed by atoms with Crippen LogP contribution in [0, 0.1) is 5.82 Å². The minimum Gasteiger partial charge on any atom is -0.463 e. The molecule has 1 aliphatic carbocycles. The van der Waals surface area contributed by atoms with Crippen molar-refractivity contribution in [3.8, 4) is 11.4 Å². The fourth-order valence-electron chi connectivity index (χ4n) is 2.73. The summed E-state index contributed by atoms with van der Waals surface area (Å²) in [5.74, 6) is 0.367. The van der Waals surface area contributed by atoms with Crippen molar-refractivity contribution in [3.05, 3.63) is 53.7 Å². The second-order valence-electron chi connectivity index (χ2n) is 5.94. The Bertz CT molecular complexity index is 949. The topological polar surface area (TPSA) is 70.2 Å². The summed E-state index contributed by atoms with van der Waals surface area (Å²) in [5, 5.41) is 9.17. The summed E-state index contributed by atoms with van der Waals surface area (Å²) in [4.78, 5) is 11.7. The van der Waals surface area contributed by atoms with Crippen LogP contribution in [0.25, 0.3) is 11.4 Å². The number of rotatable bonds is 6. The molecule has 4 rings (SSSR count). The molecule has 0 radical (unpaired) electrons. The van der Waals surface area contributed by atoms with Crippen LogP contribution in [0.5, 0.6) is 0 Å². The van der Waals surface area contributed by atoms with Crippen LogP contribution in [0.2, 0.25) is 0 Å². The molecule has 1 aliphatic rings. The Kier molecular flexibility index (Phi) is 4.50. The third-order valence-electron chi connectivity index (χ3n) is 4.17. The van der Waals surface area contributed by atoms with Gasteiger partial charge >= 0.3 is 5.97 Å². The lowest BCUT2D eigenvalue weighted by molar-refractivity contribution is 0.0564. The Morgan fingerprint density at radius 3 is 2.88 bits per heavy atom. The van der Waals surface area contributed by atoms with Gasteiger partial charge < -0.3 is 9.15 Å². The molecule has 0 unspecified atom stereocenters. The van der Waals surface area contributed by atoms with Crippen LogP contribution in [0.3, 0.4) is 0 Å². The molecule has 1 aromatic carbocycles. The molecule has 0 aliphatic heterocycles. The van der Waals surface area contributed by atoms with E-state index in [0.717, 1.165) is 18.4 Å². The standard InChI is InChI=1S/C18H16FN3O3S/c1-24-17(23)15-11(8-9-25-15)10-26-18-21-20-16(22(18)12-6-7-12)13-4-2-3-5-14(13)19/h2-5,8-9,12H,6-7,10H2,1H3. The first-order valence-electron chi connectivity index (χ1n) is 8.16. The predicted molar refractivity (Wildman–Crippen MR) is 93.3 cm³/mol. The Labute approximate surface area is 153 Å². The predicted octanol–water partition coefficient (Wildman–Crippen LogP) is 4.09. The van der Waals surface area contributed by atoms with E-state index in [1.165, 1.54) is 31.2 Å². The molecule has 0 amide bonds. The first-order valence-corrected chi connectivity index (χ1v) is 9.15. The van der Waals surface area contributed by atoms with E-state index in [2.05, 4.69) is 10.2 Å². The maximum Gasteiger partial charge on any atom is 0.374 e. The Balaban J connectivity index is 1.62. The summed E-state index contributed by atoms with van der Waals surface area (Å²) in [6.45, 7) is 0. The monoisotopic (exact) mass is 373 g/mol. The highest BCUT2D eigenvalue weighted by atomic mass is 32.2. The Morgan fingerprint density at radius 1 is 1.35 bits per heavy atom. The van der Waals surface area contributed by atoms with Crippen LogP contribution >= 0.6 is 11.8 Å². The Morgan fingerprint density at radius 2 is 2.15 bits per heavy atom. The van der Waals surface area contributed by atoms with Gasteiger partial charge in [-0.1, -0.05) is 23.9 Å². The van der Waals surface area contributed by atoms with Gasteiger partial charge in [-0.3, -0.25) is 4.57 Å². The van der Waals surface area contributed by atoms with Crippen LogP contribution in [0.4, 0.5) is 4.39 Å². The van der Waals surface area contributed by atoms with Crippen molar-refractivity contribution < 1.29 is 18.3 Å². The number of aromatic nitrogens is 3. The highest BCUT2D eigenvalue weighted by Crippen LogP contribution is 2.42. The quantitative estimate of drug-likeness (QED) is 0.479. The van der Waals surface area contributed by atoms with Crippen molar-refractivity contribution in [2.24, 2.45) is 0 Å². The number of esters is 1. The molecule has 6 nitrogen and oxygen atoms in total. The maximum absolute atomic E-state index is 14.2. The van der Waals surface area contributed by atoms with Crippen LogP contribution in [0.15, 0.2) is 46.2 Å². The highest BCUT2D eigenvalue weighted by Gasteiger charge is 2.31. The zero-order valence-corrected chi connectivity index (χ0v) is 14.8. The molecule has 1 fully saturated rings. The van der Waals surface area contributed by atoms with Gasteiger partial charge in [-0.05, 0) is 31.0 Å². The first-order chi connectivity index (χ1) is 12.7. The number of nitrogens with zero attached hydrogens (tertiary/aromatic N) is 3. The number of hydrogen-bond acceptors (Lipinski definition) is 6. The van der Waals surface area contributed by atoms with Gasteiger partial charge in [-0.25, -0.2) is 9.18 Å². The molecule has 3 aromatic rings. The minimum absolute atomic E-state index is 0.187. The average Bonchev–Trinajstić information content (AvgIpc) is 3.23. The van der Waals surface area contributed by atoms with E-state index in [9.17, 15) is 9.18 Å². The maximum atomic E-state index is 14.2. The molecule has 2 aromatic heterocycles. The number of ether oxygens (including phenoxy) is 1. The summed E-state index contributed by atoms with van der Waals surface area (Å²) in [6.07, 6.45) is 3.50. The number of methoxy groups -OCH3 is 1. The zero-order valence-electron chi connectivity index (χ0n) is 14.0. The Hall–Kier alpha value is -2.61. The van der Waals surface area contributed by atoms with Gasteiger partial charge in [0.2, 0.25) is 5.76 Å². The zero-order chi connectivity index (χ0) is 18.1. The van der Waals surface area contributed by atoms with Crippen LogP contribution in [-0.2, 0) is 10.5 Å². The molecule has 2 heterocycles. The van der Waals surface area contributed by atoms with Crippen molar-refractivity contribution in [1.29, 1.82) is 0 Å². The molecular formula is C18H16FN3O3S. The molecule has 0 N–H and O–H groups in total. The first kappa shape index (κ1) is 16.8. The van der Waals surface area contributed by atoms with Crippen LogP contribution < -0.4 is 0 Å². The smallest absolute Gasteiger partial charge is 0.374 e. The van der Waals surface area contributed by atoms with E-state index in [1.807, 2.05) is 4.57 Å². The van der Waals surface area contributed by atoms with Crippen molar-refractivity contribution in [3.63, 3.8) is 0 Å². The van der Waals surface area contributed by atoms with E-state index >= 15 is 0 Å². The van der Waals surface area contributed by atoms with Crippen LogP contribution in [0.1, 0.15) is 35.0 Å². The molecule has 8 heteroatoms. The lowest BCUT2D eigenvalue weighted by Crippen LogP contribution is -2.03. The van der Waals surface area contributed by atoms with Gasteiger partial charge in [0.25, 0.3) is 0 Å². The lowest BCUT2D eigenvalue weighted by atomic mass is 10.2. The van der Waals surface area contributed by atoms with E-state index in [4.69, 9.17) is 9.15 Å². The number of carbonyl (C=O) groups is 1. The summed E-state index contributed by atoms with van der Waals surface area (Å²) in [5.41, 5.74) is 1.16. The number of hydrogen-bond donors (Lipinski definition) is 0. The van der Waals surface area contributed by atoms with Crippen molar-refractivity contribution in [2.75, 3.05) is 7.11 Å². The third-order valence-corrected chi connectivity index (χ3v) is 5.16. The molecule has 134 valence electrons. The van der Waals surface area contributed by atoms with Gasteiger partial charge in [0.05, 0.1) is 18.9 Å². The number of halogens is 1. The summed E-state index contributed by atoms with van der Waals surface area (Å²) in [6, 6.07) is 8.58. The lowest BCUT2D eigenvalue weighted by Gasteiger charge is -2.09. The number of thioether (sulfide) groups is 1. The van der Waals surface area contributed by atoms with Crippen molar-refractivity contribution >= 4 is 17.7 Å². The molecule has 0 saturated heterocycles. The van der Waals surface area contributed by atoms with Crippen molar-refractivity contribution in [1.82, 2.24) is 14.8 Å². The van der Waals surface area contributed by atoms with E-state index < -0.39 is 5.97 Å². The largest absolute Gasteiger partial charge is 0.463 e. The van der Waals surface area contributed by atoms with Gasteiger partial charge in [0, 0.05) is 17.4 Å². The second-order valence-corrected chi connectivity index (χ2v) is 6.88. The molecule has 0 bridgehead atoms. The highest BCUT2D eigenvalue weighted by molar-refractivity contribution is 7.98. The fraction of sp³-hybridized carbons (Fsp3) is 0.278. The number of benzene rings is 1. The summed E-state index contributed by atoms with van der Waals surface area (Å²) in [7, 11) is 1.31. The SMILES string of the molecule is COC(=O)c1occc1CSc1nnc(-c2ccccc2F)n1C1CC1. The van der Waals surface area contributed by atoms with E-state index in [-0.39, 0.29) is 17.6 Å². The number of carbonyl (C=O) groups excluding carboxylic acids is 1. The molecule has 0 spiro atoms.